The van der Waals surface area contributed by atoms with Gasteiger partial charge in [0.2, 0.25) is 0 Å². The number of hydrogen-bond acceptors (Lipinski definition) is 4. The Morgan fingerprint density at radius 2 is 1.75 bits per heavy atom. The molecule has 0 aliphatic rings. The highest BCUT2D eigenvalue weighted by atomic mass is 32.2. The van der Waals surface area contributed by atoms with E-state index in [1.165, 1.54) is 16.7 Å². The molecule has 1 N–H and O–H groups in total. The van der Waals surface area contributed by atoms with Gasteiger partial charge < -0.3 is 5.32 Å². The molecule has 0 aliphatic carbocycles. The van der Waals surface area contributed by atoms with Crippen molar-refractivity contribution < 1.29 is 0 Å². The Hall–Kier alpha value is -1.55. The first-order valence-electron chi connectivity index (χ1n) is 6.86. The summed E-state index contributed by atoms with van der Waals surface area (Å²) in [6.07, 6.45) is 0.854. The molecule has 4 heteroatoms. The lowest BCUT2D eigenvalue weighted by Gasteiger charge is -2.07. The predicted molar refractivity (Wildman–Crippen MR) is 86.4 cm³/mol. The molecular weight excluding hydrogens is 266 g/mol. The van der Waals surface area contributed by atoms with Crippen LogP contribution in [0.2, 0.25) is 0 Å². The molecule has 0 saturated carbocycles. The third-order valence-corrected chi connectivity index (χ3v) is 3.97. The van der Waals surface area contributed by atoms with Gasteiger partial charge in [0.25, 0.3) is 0 Å². The summed E-state index contributed by atoms with van der Waals surface area (Å²) in [5, 5.41) is 4.12. The van der Waals surface area contributed by atoms with E-state index in [0.717, 1.165) is 28.8 Å². The molecule has 2 rings (SSSR count). The minimum absolute atomic E-state index is 0.854. The molecule has 20 heavy (non-hydrogen) atoms. The summed E-state index contributed by atoms with van der Waals surface area (Å²) in [7, 11) is 1.89. The van der Waals surface area contributed by atoms with Gasteiger partial charge in [0, 0.05) is 25.3 Å². The van der Waals surface area contributed by atoms with E-state index in [4.69, 9.17) is 0 Å². The minimum Gasteiger partial charge on any atom is -0.373 e. The molecule has 1 heterocycles. The van der Waals surface area contributed by atoms with Gasteiger partial charge in [-0.2, -0.15) is 0 Å². The fraction of sp³-hybridized carbons (Fsp3) is 0.375. The highest BCUT2D eigenvalue weighted by Crippen LogP contribution is 2.24. The zero-order valence-electron chi connectivity index (χ0n) is 12.5. The van der Waals surface area contributed by atoms with Crippen LogP contribution in [0.15, 0.2) is 29.3 Å². The van der Waals surface area contributed by atoms with Gasteiger partial charge in [-0.05, 0) is 19.4 Å². The molecule has 0 bridgehead atoms. The Bertz CT molecular complexity index is 554. The lowest BCUT2D eigenvalue weighted by molar-refractivity contribution is 0.891. The fourth-order valence-corrected chi connectivity index (χ4v) is 2.99. The summed E-state index contributed by atoms with van der Waals surface area (Å²) in [4.78, 5) is 8.99. The Labute approximate surface area is 125 Å². The molecule has 0 saturated heterocycles. The monoisotopic (exact) mass is 287 g/mol. The van der Waals surface area contributed by atoms with Crippen LogP contribution < -0.4 is 5.32 Å². The summed E-state index contributed by atoms with van der Waals surface area (Å²) >= 11 is 1.76. The molecule has 3 nitrogen and oxygen atoms in total. The van der Waals surface area contributed by atoms with Gasteiger partial charge in [-0.3, -0.25) is 0 Å². The molecule has 0 fully saturated rings. The SMILES string of the molecule is CCc1nc(NC)cc(SCc2cc(C)cc(C)c2)n1. The van der Waals surface area contributed by atoms with Gasteiger partial charge >= 0.3 is 0 Å². The van der Waals surface area contributed by atoms with Gasteiger partial charge in [0.05, 0.1) is 0 Å². The largest absolute Gasteiger partial charge is 0.373 e. The van der Waals surface area contributed by atoms with E-state index in [1.54, 1.807) is 11.8 Å². The number of aromatic nitrogens is 2. The van der Waals surface area contributed by atoms with Crippen molar-refractivity contribution in [2.75, 3.05) is 12.4 Å². The van der Waals surface area contributed by atoms with Gasteiger partial charge in [0.1, 0.15) is 16.7 Å². The van der Waals surface area contributed by atoms with Crippen LogP contribution in [0.4, 0.5) is 5.82 Å². The smallest absolute Gasteiger partial charge is 0.131 e. The van der Waals surface area contributed by atoms with Crippen LogP contribution in [0.1, 0.15) is 29.4 Å². The molecule has 0 radical (unpaired) electrons. The summed E-state index contributed by atoms with van der Waals surface area (Å²) < 4.78 is 0. The maximum atomic E-state index is 4.57. The quantitative estimate of drug-likeness (QED) is 0.666. The highest BCUT2D eigenvalue weighted by molar-refractivity contribution is 7.98. The zero-order chi connectivity index (χ0) is 14.5. The Kier molecular flexibility index (Phi) is 5.01. The van der Waals surface area contributed by atoms with Gasteiger partial charge in [-0.15, -0.1) is 11.8 Å². The third-order valence-electron chi connectivity index (χ3n) is 2.99. The Morgan fingerprint density at radius 3 is 2.35 bits per heavy atom. The first kappa shape index (κ1) is 14.9. The molecule has 106 valence electrons. The van der Waals surface area contributed by atoms with Crippen LogP contribution in [-0.4, -0.2) is 17.0 Å². The van der Waals surface area contributed by atoms with Crippen molar-refractivity contribution in [3.8, 4) is 0 Å². The molecule has 0 aliphatic heterocycles. The van der Waals surface area contributed by atoms with Crippen molar-refractivity contribution in [1.82, 2.24) is 9.97 Å². The van der Waals surface area contributed by atoms with Crippen LogP contribution >= 0.6 is 11.8 Å². The van der Waals surface area contributed by atoms with E-state index < -0.39 is 0 Å². The van der Waals surface area contributed by atoms with Crippen LogP contribution in [0, 0.1) is 13.8 Å². The average molecular weight is 287 g/mol. The van der Waals surface area contributed by atoms with E-state index in [9.17, 15) is 0 Å². The minimum atomic E-state index is 0.854. The normalized spacial score (nSPS) is 10.6. The maximum absolute atomic E-state index is 4.57. The van der Waals surface area contributed by atoms with E-state index in [2.05, 4.69) is 54.3 Å². The van der Waals surface area contributed by atoms with Gasteiger partial charge in [0.15, 0.2) is 0 Å². The van der Waals surface area contributed by atoms with Crippen molar-refractivity contribution >= 4 is 17.6 Å². The molecular formula is C16H21N3S. The lowest BCUT2D eigenvalue weighted by Crippen LogP contribution is -2.00. The standard InChI is InChI=1S/C16H21N3S/c1-5-14-18-15(17-4)9-16(19-14)20-10-13-7-11(2)6-12(3)8-13/h6-9H,5,10H2,1-4H3,(H,17,18,19). The molecule has 0 unspecified atom stereocenters. The third kappa shape index (κ3) is 3.97. The lowest BCUT2D eigenvalue weighted by atomic mass is 10.1. The number of nitrogens with one attached hydrogen (secondary N) is 1. The number of nitrogens with zero attached hydrogens (tertiary/aromatic N) is 2. The number of thioether (sulfide) groups is 1. The number of aryl methyl sites for hydroxylation is 3. The Balaban J connectivity index is 2.13. The number of benzene rings is 1. The molecule has 1 aromatic heterocycles. The van der Waals surface area contributed by atoms with Crippen LogP contribution in [0.3, 0.4) is 0 Å². The van der Waals surface area contributed by atoms with Crippen LogP contribution in [0.25, 0.3) is 0 Å². The van der Waals surface area contributed by atoms with Crippen molar-refractivity contribution in [3.63, 3.8) is 0 Å². The van der Waals surface area contributed by atoms with Gasteiger partial charge in [-0.1, -0.05) is 36.2 Å². The highest BCUT2D eigenvalue weighted by Gasteiger charge is 2.04. The van der Waals surface area contributed by atoms with Crippen molar-refractivity contribution in [2.45, 2.75) is 38.0 Å². The first-order valence-corrected chi connectivity index (χ1v) is 7.85. The van der Waals surface area contributed by atoms with Crippen LogP contribution in [0.5, 0.6) is 0 Å². The second kappa shape index (κ2) is 6.75. The molecule has 0 atom stereocenters. The van der Waals surface area contributed by atoms with Gasteiger partial charge in [-0.25, -0.2) is 9.97 Å². The zero-order valence-corrected chi connectivity index (χ0v) is 13.3. The van der Waals surface area contributed by atoms with Crippen molar-refractivity contribution in [2.24, 2.45) is 0 Å². The van der Waals surface area contributed by atoms with E-state index in [0.29, 0.717) is 0 Å². The Morgan fingerprint density at radius 1 is 1.05 bits per heavy atom. The second-order valence-corrected chi connectivity index (χ2v) is 5.89. The van der Waals surface area contributed by atoms with Crippen LogP contribution in [-0.2, 0) is 12.2 Å². The van der Waals surface area contributed by atoms with E-state index in [-0.39, 0.29) is 0 Å². The topological polar surface area (TPSA) is 37.8 Å². The molecule has 1 aromatic carbocycles. The number of rotatable bonds is 5. The van der Waals surface area contributed by atoms with Crippen molar-refractivity contribution in [3.05, 3.63) is 46.8 Å². The molecule has 2 aromatic rings. The molecule has 0 amide bonds. The molecule has 0 spiro atoms. The van der Waals surface area contributed by atoms with E-state index in [1.807, 2.05) is 13.1 Å². The maximum Gasteiger partial charge on any atom is 0.131 e. The average Bonchev–Trinajstić information content (AvgIpc) is 2.43. The number of hydrogen-bond donors (Lipinski definition) is 1. The fourth-order valence-electron chi connectivity index (χ4n) is 2.14. The summed E-state index contributed by atoms with van der Waals surface area (Å²) in [5.41, 5.74) is 3.97. The van der Waals surface area contributed by atoms with E-state index >= 15 is 0 Å². The summed E-state index contributed by atoms with van der Waals surface area (Å²) in [5.74, 6) is 2.71. The summed E-state index contributed by atoms with van der Waals surface area (Å²) in [6, 6.07) is 8.68. The predicted octanol–water partition coefficient (Wildman–Crippen LogP) is 3.99. The second-order valence-electron chi connectivity index (χ2n) is 4.90. The number of anilines is 1. The summed E-state index contributed by atoms with van der Waals surface area (Å²) in [6.45, 7) is 6.35. The van der Waals surface area contributed by atoms with Crippen molar-refractivity contribution in [1.29, 1.82) is 0 Å². The first-order chi connectivity index (χ1) is 9.60.